The molecular formula is C21H27N3O4. The molecule has 1 aromatic heterocycles. The van der Waals surface area contributed by atoms with E-state index in [1.807, 2.05) is 31.2 Å². The Hall–Kier alpha value is -2.64. The predicted octanol–water partition coefficient (Wildman–Crippen LogP) is 2.12. The third-order valence-electron chi connectivity index (χ3n) is 4.43. The number of carbonyl (C=O) groups is 1. The van der Waals surface area contributed by atoms with E-state index in [1.165, 1.54) is 0 Å². The van der Waals surface area contributed by atoms with E-state index in [9.17, 15) is 4.79 Å². The average molecular weight is 385 g/mol. The summed E-state index contributed by atoms with van der Waals surface area (Å²) in [7, 11) is 0. The van der Waals surface area contributed by atoms with Gasteiger partial charge in [-0.1, -0.05) is 12.1 Å². The van der Waals surface area contributed by atoms with Crippen molar-refractivity contribution in [1.82, 2.24) is 15.2 Å². The van der Waals surface area contributed by atoms with E-state index in [0.29, 0.717) is 31.2 Å². The Bertz CT molecular complexity index is 763. The maximum absolute atomic E-state index is 12.5. The van der Waals surface area contributed by atoms with Crippen LogP contribution in [0, 0.1) is 0 Å². The molecule has 150 valence electrons. The zero-order valence-corrected chi connectivity index (χ0v) is 16.2. The van der Waals surface area contributed by atoms with Crippen molar-refractivity contribution in [1.29, 1.82) is 0 Å². The fourth-order valence-electron chi connectivity index (χ4n) is 2.96. The number of amides is 1. The van der Waals surface area contributed by atoms with Gasteiger partial charge in [0.25, 0.3) is 5.91 Å². The third kappa shape index (κ3) is 5.94. The predicted molar refractivity (Wildman–Crippen MR) is 106 cm³/mol. The molecular weight excluding hydrogens is 358 g/mol. The van der Waals surface area contributed by atoms with Crippen molar-refractivity contribution in [2.75, 3.05) is 46.1 Å². The lowest BCUT2D eigenvalue weighted by Crippen LogP contribution is -2.38. The molecule has 0 bridgehead atoms. The zero-order chi connectivity index (χ0) is 19.6. The molecule has 0 atom stereocenters. The van der Waals surface area contributed by atoms with E-state index < -0.39 is 0 Å². The highest BCUT2D eigenvalue weighted by Gasteiger charge is 2.13. The third-order valence-corrected chi connectivity index (χ3v) is 4.43. The van der Waals surface area contributed by atoms with E-state index in [-0.39, 0.29) is 5.91 Å². The number of carbonyl (C=O) groups excluding carboxylic acids is 1. The SMILES string of the molecule is CCOc1ncccc1C(=O)NCc1cccc(OCCN2CCOCC2)c1. The van der Waals surface area contributed by atoms with Crippen molar-refractivity contribution in [3.05, 3.63) is 53.7 Å². The number of aromatic nitrogens is 1. The van der Waals surface area contributed by atoms with Crippen molar-refractivity contribution < 1.29 is 19.0 Å². The summed E-state index contributed by atoms with van der Waals surface area (Å²) in [5.74, 6) is 0.939. The van der Waals surface area contributed by atoms with Crippen LogP contribution in [0.2, 0.25) is 0 Å². The van der Waals surface area contributed by atoms with Crippen LogP contribution in [0.3, 0.4) is 0 Å². The number of nitrogens with zero attached hydrogens (tertiary/aromatic N) is 2. The topological polar surface area (TPSA) is 72.9 Å². The maximum atomic E-state index is 12.5. The molecule has 0 radical (unpaired) electrons. The Morgan fingerprint density at radius 3 is 2.89 bits per heavy atom. The minimum atomic E-state index is -0.213. The number of hydrogen-bond donors (Lipinski definition) is 1. The van der Waals surface area contributed by atoms with Crippen LogP contribution in [-0.2, 0) is 11.3 Å². The van der Waals surface area contributed by atoms with E-state index in [1.54, 1.807) is 18.3 Å². The highest BCUT2D eigenvalue weighted by atomic mass is 16.5. The summed E-state index contributed by atoms with van der Waals surface area (Å²) in [5, 5.41) is 2.91. The van der Waals surface area contributed by atoms with Gasteiger partial charge in [-0.3, -0.25) is 9.69 Å². The molecule has 0 saturated carbocycles. The maximum Gasteiger partial charge on any atom is 0.257 e. The molecule has 2 heterocycles. The molecule has 0 aliphatic carbocycles. The number of morpholine rings is 1. The van der Waals surface area contributed by atoms with Crippen LogP contribution in [-0.4, -0.2) is 61.9 Å². The van der Waals surface area contributed by atoms with Crippen LogP contribution in [0.5, 0.6) is 11.6 Å². The highest BCUT2D eigenvalue weighted by molar-refractivity contribution is 5.96. The summed E-state index contributed by atoms with van der Waals surface area (Å²) in [4.78, 5) is 18.9. The summed E-state index contributed by atoms with van der Waals surface area (Å²) >= 11 is 0. The fraction of sp³-hybridized carbons (Fsp3) is 0.429. The molecule has 0 spiro atoms. The molecule has 1 fully saturated rings. The molecule has 1 aromatic carbocycles. The lowest BCUT2D eigenvalue weighted by Gasteiger charge is -2.26. The smallest absolute Gasteiger partial charge is 0.257 e. The van der Waals surface area contributed by atoms with E-state index >= 15 is 0 Å². The summed E-state index contributed by atoms with van der Waals surface area (Å²) < 4.78 is 16.6. The molecule has 1 saturated heterocycles. The van der Waals surface area contributed by atoms with E-state index in [0.717, 1.165) is 44.2 Å². The normalized spacial score (nSPS) is 14.5. The molecule has 1 amide bonds. The number of benzene rings is 1. The van der Waals surface area contributed by atoms with Gasteiger partial charge in [-0.2, -0.15) is 0 Å². The number of nitrogens with one attached hydrogen (secondary N) is 1. The second-order valence-electron chi connectivity index (χ2n) is 6.42. The van der Waals surface area contributed by atoms with Crippen LogP contribution in [0.1, 0.15) is 22.8 Å². The quantitative estimate of drug-likeness (QED) is 0.713. The van der Waals surface area contributed by atoms with Crippen LogP contribution in [0.4, 0.5) is 0 Å². The molecule has 1 aliphatic rings. The van der Waals surface area contributed by atoms with Crippen LogP contribution < -0.4 is 14.8 Å². The lowest BCUT2D eigenvalue weighted by molar-refractivity contribution is 0.0322. The lowest BCUT2D eigenvalue weighted by atomic mass is 10.2. The molecule has 28 heavy (non-hydrogen) atoms. The first kappa shape index (κ1) is 20.1. The molecule has 3 rings (SSSR count). The minimum Gasteiger partial charge on any atom is -0.492 e. The number of hydrogen-bond acceptors (Lipinski definition) is 6. The number of ether oxygens (including phenoxy) is 3. The summed E-state index contributed by atoms with van der Waals surface area (Å²) in [6, 6.07) is 11.2. The Labute approximate surface area is 165 Å². The summed E-state index contributed by atoms with van der Waals surface area (Å²) in [6.45, 7) is 7.71. The van der Waals surface area contributed by atoms with E-state index in [2.05, 4.69) is 15.2 Å². The van der Waals surface area contributed by atoms with Gasteiger partial charge in [0, 0.05) is 32.4 Å². The first-order valence-corrected chi connectivity index (χ1v) is 9.64. The Kier molecular flexibility index (Phi) is 7.63. The number of pyridine rings is 1. The highest BCUT2D eigenvalue weighted by Crippen LogP contribution is 2.16. The zero-order valence-electron chi connectivity index (χ0n) is 16.2. The Morgan fingerprint density at radius 2 is 2.07 bits per heavy atom. The molecule has 0 unspecified atom stereocenters. The molecule has 7 heteroatoms. The van der Waals surface area contributed by atoms with E-state index in [4.69, 9.17) is 14.2 Å². The van der Waals surface area contributed by atoms with Gasteiger partial charge in [0.05, 0.1) is 19.8 Å². The van der Waals surface area contributed by atoms with Crippen molar-refractivity contribution in [2.45, 2.75) is 13.5 Å². The Balaban J connectivity index is 1.49. The van der Waals surface area contributed by atoms with Gasteiger partial charge in [0.15, 0.2) is 0 Å². The van der Waals surface area contributed by atoms with Gasteiger partial charge >= 0.3 is 0 Å². The fourth-order valence-corrected chi connectivity index (χ4v) is 2.96. The van der Waals surface area contributed by atoms with Crippen molar-refractivity contribution in [3.8, 4) is 11.6 Å². The van der Waals surface area contributed by atoms with Gasteiger partial charge in [0.2, 0.25) is 5.88 Å². The van der Waals surface area contributed by atoms with Crippen LogP contribution >= 0.6 is 0 Å². The Morgan fingerprint density at radius 1 is 1.21 bits per heavy atom. The summed E-state index contributed by atoms with van der Waals surface area (Å²) in [6.07, 6.45) is 1.61. The van der Waals surface area contributed by atoms with Crippen molar-refractivity contribution in [2.24, 2.45) is 0 Å². The van der Waals surface area contributed by atoms with Crippen LogP contribution in [0.25, 0.3) is 0 Å². The van der Waals surface area contributed by atoms with Gasteiger partial charge in [-0.05, 0) is 36.8 Å². The molecule has 7 nitrogen and oxygen atoms in total. The first-order chi connectivity index (χ1) is 13.8. The van der Waals surface area contributed by atoms with Crippen molar-refractivity contribution >= 4 is 5.91 Å². The molecule has 2 aromatic rings. The van der Waals surface area contributed by atoms with Gasteiger partial charge in [0.1, 0.15) is 17.9 Å². The standard InChI is InChI=1S/C21H27N3O4/c1-2-27-21-19(7-4-8-22-21)20(25)23-16-17-5-3-6-18(15-17)28-14-11-24-9-12-26-13-10-24/h3-8,15H,2,9-14,16H2,1H3,(H,23,25). The minimum absolute atomic E-state index is 0.213. The number of rotatable bonds is 9. The van der Waals surface area contributed by atoms with Gasteiger partial charge < -0.3 is 19.5 Å². The molecule has 1 N–H and O–H groups in total. The van der Waals surface area contributed by atoms with Crippen LogP contribution in [0.15, 0.2) is 42.6 Å². The van der Waals surface area contributed by atoms with Gasteiger partial charge in [-0.25, -0.2) is 4.98 Å². The average Bonchev–Trinajstić information content (AvgIpc) is 2.74. The summed E-state index contributed by atoms with van der Waals surface area (Å²) in [5.41, 5.74) is 1.40. The largest absolute Gasteiger partial charge is 0.492 e. The second kappa shape index (κ2) is 10.6. The second-order valence-corrected chi connectivity index (χ2v) is 6.42. The monoisotopic (exact) mass is 385 g/mol. The molecule has 1 aliphatic heterocycles. The van der Waals surface area contributed by atoms with Crippen molar-refractivity contribution in [3.63, 3.8) is 0 Å². The van der Waals surface area contributed by atoms with Gasteiger partial charge in [-0.15, -0.1) is 0 Å². The first-order valence-electron chi connectivity index (χ1n) is 9.64.